The van der Waals surface area contributed by atoms with Crippen molar-refractivity contribution < 1.29 is 10.2 Å². The van der Waals surface area contributed by atoms with Crippen molar-refractivity contribution in [1.29, 1.82) is 0 Å². The SMILES string of the molecule is CC(C)=c1[nH]n(-c2cccc(C)c2)c(=O)c1=Cc1ccc(O)c(O)c1. The molecule has 1 heterocycles. The number of rotatable bonds is 2. The molecule has 0 saturated heterocycles. The van der Waals surface area contributed by atoms with Gasteiger partial charge in [0, 0.05) is 0 Å². The third-order valence-corrected chi connectivity index (χ3v) is 4.00. The molecule has 0 amide bonds. The molecule has 0 fully saturated rings. The van der Waals surface area contributed by atoms with E-state index in [1.807, 2.05) is 45.0 Å². The molecule has 3 N–H and O–H groups in total. The Bertz CT molecular complexity index is 1120. The van der Waals surface area contributed by atoms with Crippen LogP contribution in [0.1, 0.15) is 25.0 Å². The number of aromatic nitrogens is 2. The van der Waals surface area contributed by atoms with Crippen molar-refractivity contribution in [2.24, 2.45) is 0 Å². The molecule has 0 atom stereocenters. The van der Waals surface area contributed by atoms with Gasteiger partial charge in [0.1, 0.15) is 0 Å². The minimum Gasteiger partial charge on any atom is -0.504 e. The maximum atomic E-state index is 12.9. The summed E-state index contributed by atoms with van der Waals surface area (Å²) in [4.78, 5) is 12.9. The molecular formula is C20H20N2O3. The molecule has 0 aliphatic heterocycles. The average Bonchev–Trinajstić information content (AvgIpc) is 2.88. The lowest BCUT2D eigenvalue weighted by molar-refractivity contribution is 0.403. The number of H-pyrrole nitrogens is 1. The van der Waals surface area contributed by atoms with Gasteiger partial charge in [0.05, 0.1) is 16.3 Å². The Morgan fingerprint density at radius 2 is 1.84 bits per heavy atom. The first kappa shape index (κ1) is 16.6. The van der Waals surface area contributed by atoms with Crippen LogP contribution in [0.5, 0.6) is 11.5 Å². The van der Waals surface area contributed by atoms with E-state index in [0.717, 1.165) is 22.2 Å². The molecule has 2 aromatic carbocycles. The van der Waals surface area contributed by atoms with Crippen LogP contribution in [0, 0.1) is 6.92 Å². The second kappa shape index (κ2) is 6.36. The summed E-state index contributed by atoms with van der Waals surface area (Å²) in [6.45, 7) is 5.83. The predicted molar refractivity (Wildman–Crippen MR) is 98.5 cm³/mol. The summed E-state index contributed by atoms with van der Waals surface area (Å²) in [6, 6.07) is 12.2. The molecule has 0 bridgehead atoms. The molecule has 3 aromatic rings. The van der Waals surface area contributed by atoms with Crippen molar-refractivity contribution >= 4 is 11.6 Å². The number of hydrogen-bond donors (Lipinski definition) is 3. The van der Waals surface area contributed by atoms with Crippen molar-refractivity contribution in [1.82, 2.24) is 9.78 Å². The Labute approximate surface area is 144 Å². The number of nitrogens with one attached hydrogen (secondary N) is 1. The second-order valence-corrected chi connectivity index (χ2v) is 6.27. The van der Waals surface area contributed by atoms with Crippen LogP contribution in [-0.2, 0) is 0 Å². The highest BCUT2D eigenvalue weighted by Crippen LogP contribution is 2.24. The molecule has 5 heteroatoms. The number of phenols is 2. The molecule has 0 unspecified atom stereocenters. The van der Waals surface area contributed by atoms with Gasteiger partial charge < -0.3 is 10.2 Å². The molecule has 3 rings (SSSR count). The summed E-state index contributed by atoms with van der Waals surface area (Å²) >= 11 is 0. The number of nitrogens with zero attached hydrogens (tertiary/aromatic N) is 1. The Balaban J connectivity index is 2.30. The van der Waals surface area contributed by atoms with Crippen LogP contribution in [-0.4, -0.2) is 20.0 Å². The second-order valence-electron chi connectivity index (χ2n) is 6.27. The maximum absolute atomic E-state index is 12.9. The largest absolute Gasteiger partial charge is 0.504 e. The fourth-order valence-corrected chi connectivity index (χ4v) is 2.71. The fourth-order valence-electron chi connectivity index (χ4n) is 2.71. The van der Waals surface area contributed by atoms with Crippen LogP contribution in [0.3, 0.4) is 0 Å². The molecule has 1 aromatic heterocycles. The lowest BCUT2D eigenvalue weighted by Gasteiger charge is -2.01. The molecule has 25 heavy (non-hydrogen) atoms. The quantitative estimate of drug-likeness (QED) is 0.626. The van der Waals surface area contributed by atoms with Crippen LogP contribution in [0.4, 0.5) is 0 Å². The summed E-state index contributed by atoms with van der Waals surface area (Å²) in [5, 5.41) is 23.5. The fraction of sp³-hybridized carbons (Fsp3) is 0.150. The molecule has 0 spiro atoms. The molecule has 0 aliphatic rings. The van der Waals surface area contributed by atoms with Gasteiger partial charge in [0.15, 0.2) is 11.5 Å². The molecule has 0 aliphatic carbocycles. The van der Waals surface area contributed by atoms with Crippen LogP contribution in [0.15, 0.2) is 47.3 Å². The number of aryl methyl sites for hydroxylation is 1. The Hall–Kier alpha value is -3.21. The zero-order valence-corrected chi connectivity index (χ0v) is 14.4. The lowest BCUT2D eigenvalue weighted by atomic mass is 10.1. The summed E-state index contributed by atoms with van der Waals surface area (Å²) in [5.41, 5.74) is 3.25. The van der Waals surface area contributed by atoms with Gasteiger partial charge in [-0.15, -0.1) is 0 Å². The minimum atomic E-state index is -0.220. The van der Waals surface area contributed by atoms with E-state index in [0.29, 0.717) is 10.8 Å². The van der Waals surface area contributed by atoms with Gasteiger partial charge in [-0.05, 0) is 62.2 Å². The van der Waals surface area contributed by atoms with Gasteiger partial charge >= 0.3 is 0 Å². The predicted octanol–water partition coefficient (Wildman–Crippen LogP) is 1.90. The van der Waals surface area contributed by atoms with E-state index in [-0.39, 0.29) is 17.1 Å². The van der Waals surface area contributed by atoms with Crippen molar-refractivity contribution in [2.75, 3.05) is 0 Å². The van der Waals surface area contributed by atoms with E-state index in [1.165, 1.54) is 16.8 Å². The van der Waals surface area contributed by atoms with Crippen LogP contribution >= 0.6 is 0 Å². The monoisotopic (exact) mass is 336 g/mol. The van der Waals surface area contributed by atoms with Gasteiger partial charge in [-0.3, -0.25) is 9.89 Å². The average molecular weight is 336 g/mol. The molecule has 0 radical (unpaired) electrons. The first-order valence-electron chi connectivity index (χ1n) is 7.96. The highest BCUT2D eigenvalue weighted by atomic mass is 16.3. The first-order valence-corrected chi connectivity index (χ1v) is 7.96. The number of aromatic amines is 1. The summed E-state index contributed by atoms with van der Waals surface area (Å²) in [5.74, 6) is -0.413. The van der Waals surface area contributed by atoms with E-state index in [2.05, 4.69) is 5.10 Å². The van der Waals surface area contributed by atoms with Crippen LogP contribution < -0.4 is 16.1 Å². The zero-order valence-electron chi connectivity index (χ0n) is 14.4. The third-order valence-electron chi connectivity index (χ3n) is 4.00. The van der Waals surface area contributed by atoms with E-state index in [4.69, 9.17) is 0 Å². The normalized spacial score (nSPS) is 11.7. The zero-order chi connectivity index (χ0) is 18.1. The molecule has 0 saturated carbocycles. The van der Waals surface area contributed by atoms with Gasteiger partial charge in [-0.1, -0.05) is 23.8 Å². The van der Waals surface area contributed by atoms with Gasteiger partial charge in [-0.2, -0.15) is 0 Å². The standard InChI is InChI=1S/C20H20N2O3/c1-12(2)19-16(10-14-7-8-17(23)18(24)11-14)20(25)22(21-19)15-6-4-5-13(3)9-15/h4-11,21,23-24H,1-3H3. The highest BCUT2D eigenvalue weighted by Gasteiger charge is 2.07. The number of benzene rings is 2. The Morgan fingerprint density at radius 3 is 2.48 bits per heavy atom. The highest BCUT2D eigenvalue weighted by molar-refractivity contribution is 5.56. The van der Waals surface area contributed by atoms with Crippen molar-refractivity contribution in [3.05, 3.63) is 74.5 Å². The van der Waals surface area contributed by atoms with E-state index in [9.17, 15) is 15.0 Å². The van der Waals surface area contributed by atoms with Gasteiger partial charge in [0.25, 0.3) is 5.56 Å². The minimum absolute atomic E-state index is 0.172. The van der Waals surface area contributed by atoms with Crippen molar-refractivity contribution in [3.63, 3.8) is 0 Å². The van der Waals surface area contributed by atoms with Gasteiger partial charge in [0.2, 0.25) is 0 Å². The van der Waals surface area contributed by atoms with Crippen molar-refractivity contribution in [3.8, 4) is 17.2 Å². The smallest absolute Gasteiger partial charge is 0.279 e. The van der Waals surface area contributed by atoms with E-state index >= 15 is 0 Å². The Morgan fingerprint density at radius 1 is 1.08 bits per heavy atom. The summed E-state index contributed by atoms with van der Waals surface area (Å²) in [6.07, 6.45) is 1.70. The van der Waals surface area contributed by atoms with Crippen LogP contribution in [0.25, 0.3) is 17.3 Å². The van der Waals surface area contributed by atoms with Crippen LogP contribution in [0.2, 0.25) is 0 Å². The molecule has 128 valence electrons. The summed E-state index contributed by atoms with van der Waals surface area (Å²) in [7, 11) is 0. The number of aromatic hydroxyl groups is 2. The number of hydrogen-bond acceptors (Lipinski definition) is 3. The topological polar surface area (TPSA) is 78.2 Å². The maximum Gasteiger partial charge on any atom is 0.279 e. The van der Waals surface area contributed by atoms with Gasteiger partial charge in [-0.25, -0.2) is 4.68 Å². The molecule has 5 nitrogen and oxygen atoms in total. The van der Waals surface area contributed by atoms with Crippen molar-refractivity contribution in [2.45, 2.75) is 20.8 Å². The molecular weight excluding hydrogens is 316 g/mol. The van der Waals surface area contributed by atoms with E-state index in [1.54, 1.807) is 12.1 Å². The summed E-state index contributed by atoms with van der Waals surface area (Å²) < 4.78 is 1.52. The van der Waals surface area contributed by atoms with E-state index < -0.39 is 0 Å². The lowest BCUT2D eigenvalue weighted by Crippen LogP contribution is -2.35. The third kappa shape index (κ3) is 3.21. The number of phenolic OH excluding ortho intramolecular Hbond substituents is 2. The Kier molecular flexibility index (Phi) is 4.23. The first-order chi connectivity index (χ1) is 11.9.